The summed E-state index contributed by atoms with van der Waals surface area (Å²) in [5.41, 5.74) is -0.646. The molecule has 0 aliphatic rings. The summed E-state index contributed by atoms with van der Waals surface area (Å²) in [4.78, 5) is 23.9. The highest BCUT2D eigenvalue weighted by molar-refractivity contribution is 5.99. The van der Waals surface area contributed by atoms with Crippen molar-refractivity contribution in [3.63, 3.8) is 0 Å². The van der Waals surface area contributed by atoms with Crippen molar-refractivity contribution in [3.05, 3.63) is 71.5 Å². The van der Waals surface area contributed by atoms with Crippen LogP contribution >= 0.6 is 0 Å². The molecule has 7 heteroatoms. The van der Waals surface area contributed by atoms with E-state index in [-0.39, 0.29) is 11.3 Å². The van der Waals surface area contributed by atoms with Gasteiger partial charge in [-0.05, 0) is 24.3 Å². The molecular weight excluding hydrogens is 337 g/mol. The predicted molar refractivity (Wildman–Crippen MR) is 82.3 cm³/mol. The van der Waals surface area contributed by atoms with Crippen molar-refractivity contribution in [2.75, 3.05) is 6.61 Å². The van der Waals surface area contributed by atoms with Crippen LogP contribution in [0.2, 0.25) is 0 Å². The van der Waals surface area contributed by atoms with E-state index in [9.17, 15) is 22.8 Å². The number of ether oxygens (including phenoxy) is 1. The Bertz CT molecular complexity index is 908. The minimum atomic E-state index is -4.55. The number of rotatable bonds is 4. The van der Waals surface area contributed by atoms with Crippen molar-refractivity contribution in [1.82, 2.24) is 0 Å². The van der Waals surface area contributed by atoms with E-state index in [0.29, 0.717) is 11.0 Å². The van der Waals surface area contributed by atoms with Crippen molar-refractivity contribution in [1.29, 1.82) is 0 Å². The SMILES string of the molecule is O=C(COC(=O)c1cc2ccccc2o1)c1cccc(C(F)(F)F)c1. The first-order valence-corrected chi connectivity index (χ1v) is 7.21. The van der Waals surface area contributed by atoms with Crippen LogP contribution in [0, 0.1) is 0 Å². The predicted octanol–water partition coefficient (Wildman–Crippen LogP) is 4.49. The second kappa shape index (κ2) is 6.43. The molecule has 0 saturated heterocycles. The third kappa shape index (κ3) is 3.71. The van der Waals surface area contributed by atoms with Crippen LogP contribution in [0.5, 0.6) is 0 Å². The Hall–Kier alpha value is -3.09. The number of furan rings is 1. The van der Waals surface area contributed by atoms with Gasteiger partial charge in [0.15, 0.2) is 12.4 Å². The molecule has 25 heavy (non-hydrogen) atoms. The highest BCUT2D eigenvalue weighted by atomic mass is 19.4. The van der Waals surface area contributed by atoms with Crippen molar-refractivity contribution in [2.45, 2.75) is 6.18 Å². The Labute approximate surface area is 139 Å². The van der Waals surface area contributed by atoms with Gasteiger partial charge in [0.05, 0.1) is 5.56 Å². The van der Waals surface area contributed by atoms with Gasteiger partial charge in [0, 0.05) is 10.9 Å². The fraction of sp³-hybridized carbons (Fsp3) is 0.111. The first-order valence-electron chi connectivity index (χ1n) is 7.21. The average molecular weight is 348 g/mol. The van der Waals surface area contributed by atoms with Gasteiger partial charge in [-0.3, -0.25) is 4.79 Å². The first-order chi connectivity index (χ1) is 11.8. The van der Waals surface area contributed by atoms with Gasteiger partial charge >= 0.3 is 12.1 Å². The molecule has 1 aromatic heterocycles. The lowest BCUT2D eigenvalue weighted by Crippen LogP contribution is -2.15. The van der Waals surface area contributed by atoms with Gasteiger partial charge in [0.25, 0.3) is 0 Å². The summed E-state index contributed by atoms with van der Waals surface area (Å²) in [6.07, 6.45) is -4.55. The van der Waals surface area contributed by atoms with E-state index < -0.39 is 30.1 Å². The van der Waals surface area contributed by atoms with E-state index in [1.54, 1.807) is 24.3 Å². The smallest absolute Gasteiger partial charge is 0.416 e. The number of alkyl halides is 3. The summed E-state index contributed by atoms with van der Waals surface area (Å²) >= 11 is 0. The molecule has 128 valence electrons. The van der Waals surface area contributed by atoms with Crippen LogP contribution in [0.4, 0.5) is 13.2 Å². The molecule has 0 aliphatic carbocycles. The summed E-state index contributed by atoms with van der Waals surface area (Å²) in [5, 5.41) is 0.693. The average Bonchev–Trinajstić information content (AvgIpc) is 3.03. The standard InChI is InChI=1S/C18H11F3O4/c19-18(20,21)13-6-3-5-11(8-13)14(22)10-24-17(23)16-9-12-4-1-2-7-15(12)25-16/h1-9H,10H2. The number of carbonyl (C=O) groups excluding carboxylic acids is 2. The number of benzene rings is 2. The monoisotopic (exact) mass is 348 g/mol. The van der Waals surface area contributed by atoms with E-state index in [2.05, 4.69) is 0 Å². The summed E-state index contributed by atoms with van der Waals surface area (Å²) in [7, 11) is 0. The van der Waals surface area contributed by atoms with E-state index in [4.69, 9.17) is 9.15 Å². The van der Waals surface area contributed by atoms with Gasteiger partial charge in [-0.25, -0.2) is 4.79 Å². The number of esters is 1. The van der Waals surface area contributed by atoms with Gasteiger partial charge in [-0.15, -0.1) is 0 Å². The zero-order valence-electron chi connectivity index (χ0n) is 12.7. The maximum Gasteiger partial charge on any atom is 0.416 e. The molecule has 4 nitrogen and oxygen atoms in total. The van der Waals surface area contributed by atoms with Crippen LogP contribution in [0.25, 0.3) is 11.0 Å². The van der Waals surface area contributed by atoms with E-state index in [1.165, 1.54) is 12.1 Å². The Morgan fingerprint density at radius 1 is 1.00 bits per heavy atom. The molecule has 3 aromatic rings. The maximum atomic E-state index is 12.7. The maximum absolute atomic E-state index is 12.7. The van der Waals surface area contributed by atoms with E-state index in [0.717, 1.165) is 18.2 Å². The topological polar surface area (TPSA) is 56.5 Å². The molecule has 0 saturated carbocycles. The van der Waals surface area contributed by atoms with Crippen LogP contribution in [0.15, 0.2) is 59.0 Å². The molecule has 1 heterocycles. The molecule has 0 unspecified atom stereocenters. The molecule has 0 bridgehead atoms. The van der Waals surface area contributed by atoms with Gasteiger partial charge in [-0.2, -0.15) is 13.2 Å². The van der Waals surface area contributed by atoms with Crippen LogP contribution in [0.1, 0.15) is 26.5 Å². The number of Topliss-reactive ketones (excluding diaryl/α,β-unsaturated/α-hetero) is 1. The molecule has 0 spiro atoms. The summed E-state index contributed by atoms with van der Waals surface area (Å²) in [6.45, 7) is -0.683. The zero-order chi connectivity index (χ0) is 18.0. The Balaban J connectivity index is 1.68. The highest BCUT2D eigenvalue weighted by Crippen LogP contribution is 2.29. The molecule has 0 aliphatic heterocycles. The lowest BCUT2D eigenvalue weighted by atomic mass is 10.1. The minimum absolute atomic E-state index is 0.0851. The number of ketones is 1. The first kappa shape index (κ1) is 16.8. The van der Waals surface area contributed by atoms with Crippen LogP contribution < -0.4 is 0 Å². The van der Waals surface area contributed by atoms with Gasteiger partial charge in [0.1, 0.15) is 5.58 Å². The number of fused-ring (bicyclic) bond motifs is 1. The minimum Gasteiger partial charge on any atom is -0.451 e. The summed E-state index contributed by atoms with van der Waals surface area (Å²) in [5.74, 6) is -1.69. The Kier molecular flexibility index (Phi) is 4.31. The molecular formula is C18H11F3O4. The summed E-state index contributed by atoms with van der Waals surface area (Å²) < 4.78 is 48.1. The largest absolute Gasteiger partial charge is 0.451 e. The number of halogens is 3. The van der Waals surface area contributed by atoms with Crippen molar-refractivity contribution in [3.8, 4) is 0 Å². The Morgan fingerprint density at radius 2 is 1.76 bits per heavy atom. The van der Waals surface area contributed by atoms with Gasteiger partial charge < -0.3 is 9.15 Å². The summed E-state index contributed by atoms with van der Waals surface area (Å²) in [6, 6.07) is 12.3. The van der Waals surface area contributed by atoms with Crippen molar-refractivity contribution < 1.29 is 31.9 Å². The lowest BCUT2D eigenvalue weighted by molar-refractivity contribution is -0.137. The van der Waals surface area contributed by atoms with Crippen molar-refractivity contribution >= 4 is 22.7 Å². The quantitative estimate of drug-likeness (QED) is 0.515. The van der Waals surface area contributed by atoms with Crippen LogP contribution in [-0.2, 0) is 10.9 Å². The molecule has 0 N–H and O–H groups in total. The molecule has 0 fully saturated rings. The molecule has 0 radical (unpaired) electrons. The van der Waals surface area contributed by atoms with Gasteiger partial charge in [0.2, 0.25) is 5.76 Å². The van der Waals surface area contributed by atoms with Crippen LogP contribution in [0.3, 0.4) is 0 Å². The fourth-order valence-corrected chi connectivity index (χ4v) is 2.24. The molecule has 3 rings (SSSR count). The Morgan fingerprint density at radius 3 is 2.48 bits per heavy atom. The second-order valence-electron chi connectivity index (χ2n) is 5.23. The number of carbonyl (C=O) groups is 2. The van der Waals surface area contributed by atoms with Crippen molar-refractivity contribution in [2.24, 2.45) is 0 Å². The third-order valence-electron chi connectivity index (χ3n) is 3.47. The van der Waals surface area contributed by atoms with E-state index in [1.807, 2.05) is 0 Å². The van der Waals surface area contributed by atoms with Gasteiger partial charge in [-0.1, -0.05) is 30.3 Å². The normalized spacial score (nSPS) is 11.5. The molecule has 0 amide bonds. The molecule has 0 atom stereocenters. The van der Waals surface area contributed by atoms with E-state index >= 15 is 0 Å². The zero-order valence-corrected chi connectivity index (χ0v) is 12.7. The second-order valence-corrected chi connectivity index (χ2v) is 5.23. The number of hydrogen-bond acceptors (Lipinski definition) is 4. The third-order valence-corrected chi connectivity index (χ3v) is 3.47. The fourth-order valence-electron chi connectivity index (χ4n) is 2.24. The highest BCUT2D eigenvalue weighted by Gasteiger charge is 2.31. The number of para-hydroxylation sites is 1. The number of hydrogen-bond donors (Lipinski definition) is 0. The molecule has 2 aromatic carbocycles. The lowest BCUT2D eigenvalue weighted by Gasteiger charge is -2.08. The van der Waals surface area contributed by atoms with Crippen LogP contribution in [-0.4, -0.2) is 18.4 Å².